The molecule has 1 amide bonds. The Bertz CT molecular complexity index is 671. The first kappa shape index (κ1) is 13.2. The van der Waals surface area contributed by atoms with E-state index in [2.05, 4.69) is 15.5 Å². The van der Waals surface area contributed by atoms with Crippen molar-refractivity contribution in [1.82, 2.24) is 15.5 Å². The molecule has 1 aromatic heterocycles. The van der Waals surface area contributed by atoms with Crippen LogP contribution in [-0.4, -0.2) is 33.4 Å². The van der Waals surface area contributed by atoms with Crippen molar-refractivity contribution < 1.29 is 9.90 Å². The summed E-state index contributed by atoms with van der Waals surface area (Å²) in [6.45, 7) is 3.28. The highest BCUT2D eigenvalue weighted by atomic mass is 16.3. The summed E-state index contributed by atoms with van der Waals surface area (Å²) < 4.78 is 0. The van der Waals surface area contributed by atoms with Crippen LogP contribution in [0.3, 0.4) is 0 Å². The molecule has 19 heavy (non-hydrogen) atoms. The molecule has 0 saturated carbocycles. The lowest BCUT2D eigenvalue weighted by Crippen LogP contribution is -2.38. The van der Waals surface area contributed by atoms with Crippen LogP contribution < -0.4 is 10.9 Å². The minimum atomic E-state index is -1.01. The van der Waals surface area contributed by atoms with Gasteiger partial charge in [-0.2, -0.15) is 5.10 Å². The van der Waals surface area contributed by atoms with E-state index in [-0.39, 0.29) is 17.8 Å². The van der Waals surface area contributed by atoms with E-state index >= 15 is 0 Å². The van der Waals surface area contributed by atoms with Crippen molar-refractivity contribution in [2.45, 2.75) is 19.4 Å². The molecule has 0 bridgehead atoms. The summed E-state index contributed by atoms with van der Waals surface area (Å²) in [5.41, 5.74) is -1.21. The molecule has 6 nitrogen and oxygen atoms in total. The lowest BCUT2D eigenvalue weighted by atomic mass is 10.1. The fraction of sp³-hybridized carbons (Fsp3) is 0.308. The Labute approximate surface area is 109 Å². The average molecular weight is 261 g/mol. The molecule has 2 aromatic rings. The van der Waals surface area contributed by atoms with Gasteiger partial charge in [0.15, 0.2) is 5.69 Å². The molecule has 0 aliphatic rings. The molecule has 1 aromatic carbocycles. The normalized spacial score (nSPS) is 11.5. The Kier molecular flexibility index (Phi) is 3.35. The first-order valence-electron chi connectivity index (χ1n) is 5.86. The monoisotopic (exact) mass is 261 g/mol. The Morgan fingerprint density at radius 1 is 1.37 bits per heavy atom. The van der Waals surface area contributed by atoms with Crippen molar-refractivity contribution in [2.24, 2.45) is 0 Å². The van der Waals surface area contributed by atoms with Gasteiger partial charge in [-0.25, -0.2) is 5.10 Å². The predicted octanol–water partition coefficient (Wildman–Crippen LogP) is 0.424. The van der Waals surface area contributed by atoms with Crippen molar-refractivity contribution >= 4 is 16.7 Å². The second-order valence-electron chi connectivity index (χ2n) is 4.94. The number of benzene rings is 1. The zero-order valence-corrected chi connectivity index (χ0v) is 10.7. The van der Waals surface area contributed by atoms with Gasteiger partial charge in [0.25, 0.3) is 11.5 Å². The lowest BCUT2D eigenvalue weighted by Gasteiger charge is -2.17. The Balaban J connectivity index is 2.38. The number of hydrogen-bond donors (Lipinski definition) is 3. The molecule has 0 radical (unpaired) electrons. The number of carbonyl (C=O) groups excluding carboxylic acids is 1. The van der Waals surface area contributed by atoms with E-state index in [0.29, 0.717) is 10.8 Å². The van der Waals surface area contributed by atoms with Crippen molar-refractivity contribution in [1.29, 1.82) is 0 Å². The topological polar surface area (TPSA) is 95.1 Å². The third kappa shape index (κ3) is 2.97. The average Bonchev–Trinajstić information content (AvgIpc) is 2.36. The number of carbonyl (C=O) groups is 1. The maximum atomic E-state index is 12.0. The van der Waals surface area contributed by atoms with Crippen LogP contribution >= 0.6 is 0 Å². The summed E-state index contributed by atoms with van der Waals surface area (Å²) in [5, 5.41) is 19.1. The molecule has 0 spiro atoms. The number of fused-ring (bicyclic) bond motifs is 1. The number of hydrogen-bond acceptors (Lipinski definition) is 4. The number of aromatic nitrogens is 2. The van der Waals surface area contributed by atoms with Crippen LogP contribution in [0.2, 0.25) is 0 Å². The van der Waals surface area contributed by atoms with Crippen molar-refractivity contribution in [3.63, 3.8) is 0 Å². The number of H-pyrrole nitrogens is 1. The maximum absolute atomic E-state index is 12.0. The number of nitrogens with one attached hydrogen (secondary N) is 2. The molecule has 6 heteroatoms. The Hall–Kier alpha value is -2.21. The quantitative estimate of drug-likeness (QED) is 0.746. The van der Waals surface area contributed by atoms with Crippen molar-refractivity contribution in [3.05, 3.63) is 40.3 Å². The van der Waals surface area contributed by atoms with E-state index in [1.807, 2.05) is 0 Å². The number of rotatable bonds is 3. The highest BCUT2D eigenvalue weighted by Crippen LogP contribution is 2.12. The minimum absolute atomic E-state index is 0.0982. The van der Waals surface area contributed by atoms with Crippen LogP contribution in [0.15, 0.2) is 29.1 Å². The molecular formula is C13H15N3O3. The van der Waals surface area contributed by atoms with Gasteiger partial charge in [0.05, 0.1) is 11.0 Å². The van der Waals surface area contributed by atoms with Crippen LogP contribution in [0.1, 0.15) is 24.3 Å². The molecule has 0 aliphatic heterocycles. The fourth-order valence-electron chi connectivity index (χ4n) is 1.67. The maximum Gasteiger partial charge on any atom is 0.272 e. The van der Waals surface area contributed by atoms with Gasteiger partial charge < -0.3 is 10.4 Å². The highest BCUT2D eigenvalue weighted by Gasteiger charge is 2.18. The first-order valence-corrected chi connectivity index (χ1v) is 5.86. The van der Waals surface area contributed by atoms with Gasteiger partial charge in [0.1, 0.15) is 0 Å². The number of nitrogens with zero attached hydrogens (tertiary/aromatic N) is 1. The van der Waals surface area contributed by atoms with Gasteiger partial charge in [0.2, 0.25) is 0 Å². The van der Waals surface area contributed by atoms with Gasteiger partial charge in [0, 0.05) is 11.9 Å². The van der Waals surface area contributed by atoms with Crippen molar-refractivity contribution in [3.8, 4) is 0 Å². The van der Waals surface area contributed by atoms with Crippen LogP contribution in [-0.2, 0) is 0 Å². The number of aliphatic hydroxyl groups is 1. The van der Waals surface area contributed by atoms with E-state index in [0.717, 1.165) is 0 Å². The van der Waals surface area contributed by atoms with Crippen LogP contribution in [0.25, 0.3) is 10.8 Å². The summed E-state index contributed by atoms with van der Waals surface area (Å²) >= 11 is 0. The standard InChI is InChI=1S/C13H15N3O3/c1-13(2,19)7-14-12(18)10-8-5-3-4-6-9(8)11(17)16-15-10/h3-6,19H,7H2,1-2H3,(H,14,18)(H,16,17). The molecule has 0 saturated heterocycles. The van der Waals surface area contributed by atoms with E-state index in [9.17, 15) is 14.7 Å². The molecule has 0 unspecified atom stereocenters. The summed E-state index contributed by atoms with van der Waals surface area (Å²) in [4.78, 5) is 23.6. The molecule has 0 fully saturated rings. The highest BCUT2D eigenvalue weighted by molar-refractivity contribution is 6.04. The molecule has 3 N–H and O–H groups in total. The minimum Gasteiger partial charge on any atom is -0.389 e. The van der Waals surface area contributed by atoms with Crippen molar-refractivity contribution in [2.75, 3.05) is 6.54 Å². The summed E-state index contributed by atoms with van der Waals surface area (Å²) in [5.74, 6) is -0.436. The Morgan fingerprint density at radius 2 is 2.00 bits per heavy atom. The smallest absolute Gasteiger partial charge is 0.272 e. The molecule has 2 rings (SSSR count). The largest absolute Gasteiger partial charge is 0.389 e. The van der Waals surface area contributed by atoms with Gasteiger partial charge in [-0.15, -0.1) is 0 Å². The summed E-state index contributed by atoms with van der Waals surface area (Å²) in [6, 6.07) is 6.74. The van der Waals surface area contributed by atoms with E-state index in [1.165, 1.54) is 0 Å². The molecular weight excluding hydrogens is 246 g/mol. The second-order valence-corrected chi connectivity index (χ2v) is 4.94. The third-order valence-corrected chi connectivity index (χ3v) is 2.59. The van der Waals surface area contributed by atoms with E-state index in [4.69, 9.17) is 0 Å². The fourth-order valence-corrected chi connectivity index (χ4v) is 1.67. The molecule has 0 aliphatic carbocycles. The van der Waals surface area contributed by atoms with Crippen LogP contribution in [0.5, 0.6) is 0 Å². The summed E-state index contributed by atoms with van der Waals surface area (Å²) in [7, 11) is 0. The van der Waals surface area contributed by atoms with Crippen LogP contribution in [0.4, 0.5) is 0 Å². The predicted molar refractivity (Wildman–Crippen MR) is 71.0 cm³/mol. The molecule has 100 valence electrons. The Morgan fingerprint density at radius 3 is 2.63 bits per heavy atom. The van der Waals surface area contributed by atoms with E-state index < -0.39 is 11.5 Å². The zero-order chi connectivity index (χ0) is 14.0. The third-order valence-electron chi connectivity index (χ3n) is 2.59. The molecule has 1 heterocycles. The second kappa shape index (κ2) is 4.81. The van der Waals surface area contributed by atoms with Crippen LogP contribution in [0, 0.1) is 0 Å². The first-order chi connectivity index (χ1) is 8.88. The number of amides is 1. The number of aromatic amines is 1. The molecule has 0 atom stereocenters. The van der Waals surface area contributed by atoms with Gasteiger partial charge in [-0.3, -0.25) is 9.59 Å². The lowest BCUT2D eigenvalue weighted by molar-refractivity contribution is 0.0692. The zero-order valence-electron chi connectivity index (χ0n) is 10.7. The van der Waals surface area contributed by atoms with Gasteiger partial charge in [-0.05, 0) is 19.9 Å². The SMILES string of the molecule is CC(C)(O)CNC(=O)c1n[nH]c(=O)c2ccccc12. The van der Waals surface area contributed by atoms with E-state index in [1.54, 1.807) is 38.1 Å². The van der Waals surface area contributed by atoms with Gasteiger partial charge in [-0.1, -0.05) is 18.2 Å². The summed E-state index contributed by atoms with van der Waals surface area (Å²) in [6.07, 6.45) is 0. The van der Waals surface area contributed by atoms with Gasteiger partial charge >= 0.3 is 0 Å².